The van der Waals surface area contributed by atoms with E-state index >= 15 is 0 Å². The number of para-hydroxylation sites is 1. The van der Waals surface area contributed by atoms with Gasteiger partial charge in [0.25, 0.3) is 5.56 Å². The van der Waals surface area contributed by atoms with E-state index in [-0.39, 0.29) is 11.2 Å². The van der Waals surface area contributed by atoms with Crippen LogP contribution in [0, 0.1) is 0 Å². The van der Waals surface area contributed by atoms with Gasteiger partial charge in [-0.3, -0.25) is 9.36 Å². The molecule has 0 fully saturated rings. The van der Waals surface area contributed by atoms with Crippen LogP contribution in [-0.2, 0) is 6.42 Å². The van der Waals surface area contributed by atoms with Crippen molar-refractivity contribution in [1.29, 1.82) is 0 Å². The number of rotatable bonds is 2. The van der Waals surface area contributed by atoms with Gasteiger partial charge in [-0.25, -0.2) is 0 Å². The maximum absolute atomic E-state index is 12.1. The van der Waals surface area contributed by atoms with Crippen LogP contribution in [0.3, 0.4) is 0 Å². The average molecular weight is 249 g/mol. The van der Waals surface area contributed by atoms with E-state index in [9.17, 15) is 4.79 Å². The van der Waals surface area contributed by atoms with Gasteiger partial charge in [0.2, 0.25) is 0 Å². The lowest BCUT2D eigenvalue weighted by Crippen LogP contribution is -2.24. The van der Waals surface area contributed by atoms with Crippen molar-refractivity contribution in [1.82, 2.24) is 4.57 Å². The highest BCUT2D eigenvalue weighted by atomic mass is 35.5. The number of halogens is 1. The second kappa shape index (κ2) is 4.63. The molecular weight excluding hydrogens is 236 g/mol. The third-order valence-electron chi connectivity index (χ3n) is 2.65. The Morgan fingerprint density at radius 3 is 2.59 bits per heavy atom. The molecule has 0 radical (unpaired) electrons. The molecule has 2 N–H and O–H groups in total. The highest BCUT2D eigenvalue weighted by Crippen LogP contribution is 2.20. The van der Waals surface area contributed by atoms with Gasteiger partial charge in [0.1, 0.15) is 0 Å². The lowest BCUT2D eigenvalue weighted by Gasteiger charge is -2.13. The topological polar surface area (TPSA) is 48.0 Å². The van der Waals surface area contributed by atoms with Crippen molar-refractivity contribution in [2.45, 2.75) is 13.3 Å². The number of nitrogens with two attached hydrogens (primary N) is 1. The molecule has 0 amide bonds. The van der Waals surface area contributed by atoms with Gasteiger partial charge >= 0.3 is 0 Å². The number of hydrogen-bond donors (Lipinski definition) is 1. The Hall–Kier alpha value is -1.74. The van der Waals surface area contributed by atoms with Gasteiger partial charge in [-0.1, -0.05) is 30.7 Å². The standard InChI is InChI=1S/C13H13ClN2O/c1-2-9-7-8-11(15)13(17)16(9)12-6-4-3-5-10(12)14/h3-8H,2,15H2,1H3. The first-order valence-electron chi connectivity index (χ1n) is 5.40. The Morgan fingerprint density at radius 2 is 1.94 bits per heavy atom. The third kappa shape index (κ3) is 2.06. The molecule has 0 atom stereocenters. The van der Waals surface area contributed by atoms with Crippen molar-refractivity contribution in [3.63, 3.8) is 0 Å². The summed E-state index contributed by atoms with van der Waals surface area (Å²) in [5.74, 6) is 0. The zero-order valence-corrected chi connectivity index (χ0v) is 10.2. The Balaban J connectivity index is 2.79. The van der Waals surface area contributed by atoms with E-state index in [1.54, 1.807) is 16.7 Å². The molecule has 17 heavy (non-hydrogen) atoms. The predicted molar refractivity (Wildman–Crippen MR) is 70.8 cm³/mol. The first kappa shape index (κ1) is 11.7. The van der Waals surface area contributed by atoms with Crippen LogP contribution in [0.2, 0.25) is 5.02 Å². The predicted octanol–water partition coefficient (Wildman–Crippen LogP) is 2.64. The minimum Gasteiger partial charge on any atom is -0.394 e. The fourth-order valence-corrected chi connectivity index (χ4v) is 1.98. The molecule has 0 aliphatic heterocycles. The van der Waals surface area contributed by atoms with Gasteiger partial charge in [-0.05, 0) is 30.7 Å². The molecule has 1 aromatic heterocycles. The van der Waals surface area contributed by atoms with E-state index in [1.807, 2.05) is 31.2 Å². The quantitative estimate of drug-likeness (QED) is 0.888. The highest BCUT2D eigenvalue weighted by molar-refractivity contribution is 6.32. The normalized spacial score (nSPS) is 10.5. The Bertz CT molecular complexity index is 605. The maximum Gasteiger partial charge on any atom is 0.278 e. The van der Waals surface area contributed by atoms with Crippen LogP contribution >= 0.6 is 11.6 Å². The number of benzene rings is 1. The van der Waals surface area contributed by atoms with Crippen LogP contribution in [0.1, 0.15) is 12.6 Å². The Labute approximate surface area is 104 Å². The molecule has 0 saturated heterocycles. The highest BCUT2D eigenvalue weighted by Gasteiger charge is 2.10. The number of pyridine rings is 1. The van der Waals surface area contributed by atoms with Gasteiger partial charge < -0.3 is 5.73 Å². The van der Waals surface area contributed by atoms with E-state index < -0.39 is 0 Å². The summed E-state index contributed by atoms with van der Waals surface area (Å²) in [4.78, 5) is 12.1. The molecule has 0 saturated carbocycles. The average Bonchev–Trinajstić information content (AvgIpc) is 2.34. The molecule has 3 nitrogen and oxygen atoms in total. The minimum atomic E-state index is -0.225. The third-order valence-corrected chi connectivity index (χ3v) is 2.97. The summed E-state index contributed by atoms with van der Waals surface area (Å²) in [5, 5.41) is 0.537. The van der Waals surface area contributed by atoms with Crippen LogP contribution in [0.25, 0.3) is 5.69 Å². The molecule has 0 spiro atoms. The molecule has 2 aromatic rings. The first-order chi connectivity index (χ1) is 8.15. The van der Waals surface area contributed by atoms with Crippen molar-refractivity contribution in [2.75, 3.05) is 5.73 Å². The lowest BCUT2D eigenvalue weighted by molar-refractivity contribution is 0.880. The maximum atomic E-state index is 12.1. The SMILES string of the molecule is CCc1ccc(N)c(=O)n1-c1ccccc1Cl. The van der Waals surface area contributed by atoms with Gasteiger partial charge in [0, 0.05) is 5.69 Å². The molecular formula is C13H13ClN2O. The summed E-state index contributed by atoms with van der Waals surface area (Å²) < 4.78 is 1.57. The summed E-state index contributed by atoms with van der Waals surface area (Å²) in [6, 6.07) is 10.7. The van der Waals surface area contributed by atoms with Crippen LogP contribution in [-0.4, -0.2) is 4.57 Å². The van der Waals surface area contributed by atoms with E-state index in [4.69, 9.17) is 17.3 Å². The smallest absolute Gasteiger partial charge is 0.278 e. The molecule has 0 bridgehead atoms. The minimum absolute atomic E-state index is 0.224. The number of anilines is 1. The second-order valence-corrected chi connectivity index (χ2v) is 4.13. The van der Waals surface area contributed by atoms with Crippen LogP contribution < -0.4 is 11.3 Å². The van der Waals surface area contributed by atoms with Crippen LogP contribution in [0.15, 0.2) is 41.2 Å². The van der Waals surface area contributed by atoms with E-state index in [0.717, 1.165) is 12.1 Å². The summed E-state index contributed by atoms with van der Waals surface area (Å²) in [7, 11) is 0. The van der Waals surface area contributed by atoms with E-state index in [1.165, 1.54) is 0 Å². The van der Waals surface area contributed by atoms with Crippen molar-refractivity contribution < 1.29 is 0 Å². The number of aryl methyl sites for hydroxylation is 1. The summed E-state index contributed by atoms with van der Waals surface area (Å²) >= 11 is 6.11. The summed E-state index contributed by atoms with van der Waals surface area (Å²) in [6.45, 7) is 1.98. The first-order valence-corrected chi connectivity index (χ1v) is 5.78. The zero-order chi connectivity index (χ0) is 12.4. The summed E-state index contributed by atoms with van der Waals surface area (Å²) in [6.07, 6.45) is 0.737. The van der Waals surface area contributed by atoms with Crippen molar-refractivity contribution in [2.24, 2.45) is 0 Å². The molecule has 4 heteroatoms. The van der Waals surface area contributed by atoms with Gasteiger partial charge in [-0.15, -0.1) is 0 Å². The van der Waals surface area contributed by atoms with Gasteiger partial charge in [0.05, 0.1) is 16.4 Å². The molecule has 0 aliphatic carbocycles. The molecule has 88 valence electrons. The lowest BCUT2D eigenvalue weighted by atomic mass is 10.2. The molecule has 0 aliphatic rings. The monoisotopic (exact) mass is 248 g/mol. The Kier molecular flexibility index (Phi) is 3.20. The van der Waals surface area contributed by atoms with E-state index in [0.29, 0.717) is 10.7 Å². The molecule has 2 rings (SSSR count). The second-order valence-electron chi connectivity index (χ2n) is 3.73. The van der Waals surface area contributed by atoms with E-state index in [2.05, 4.69) is 0 Å². The largest absolute Gasteiger partial charge is 0.394 e. The van der Waals surface area contributed by atoms with Crippen LogP contribution in [0.5, 0.6) is 0 Å². The van der Waals surface area contributed by atoms with Gasteiger partial charge in [0.15, 0.2) is 0 Å². The van der Waals surface area contributed by atoms with Crippen molar-refractivity contribution in [3.05, 3.63) is 57.5 Å². The van der Waals surface area contributed by atoms with Crippen LogP contribution in [0.4, 0.5) is 5.69 Å². The number of nitrogen functional groups attached to an aromatic ring is 1. The molecule has 1 heterocycles. The molecule has 0 unspecified atom stereocenters. The Morgan fingerprint density at radius 1 is 1.24 bits per heavy atom. The number of aromatic nitrogens is 1. The van der Waals surface area contributed by atoms with Gasteiger partial charge in [-0.2, -0.15) is 0 Å². The number of nitrogens with zero attached hydrogens (tertiary/aromatic N) is 1. The molecule has 1 aromatic carbocycles. The zero-order valence-electron chi connectivity index (χ0n) is 9.48. The van der Waals surface area contributed by atoms with Crippen molar-refractivity contribution >= 4 is 17.3 Å². The fraction of sp³-hybridized carbons (Fsp3) is 0.154. The number of hydrogen-bond acceptors (Lipinski definition) is 2. The van der Waals surface area contributed by atoms with Crippen molar-refractivity contribution in [3.8, 4) is 5.69 Å². The fourth-order valence-electron chi connectivity index (χ4n) is 1.76. The summed E-state index contributed by atoms with van der Waals surface area (Å²) in [5.41, 5.74) is 7.21.